The molecule has 4 rings (SSSR count). The molecule has 7 heteroatoms. The average molecular weight is 347 g/mol. The van der Waals surface area contributed by atoms with Gasteiger partial charge in [0.15, 0.2) is 11.0 Å². The summed E-state index contributed by atoms with van der Waals surface area (Å²) in [6, 6.07) is 5.71. The Labute approximate surface area is 141 Å². The Kier molecular flexibility index (Phi) is 3.32. The van der Waals surface area contributed by atoms with Crippen LogP contribution in [0.5, 0.6) is 0 Å². The number of furan rings is 1. The van der Waals surface area contributed by atoms with E-state index < -0.39 is 0 Å². The van der Waals surface area contributed by atoms with Crippen molar-refractivity contribution in [3.8, 4) is 0 Å². The lowest BCUT2D eigenvalue weighted by molar-refractivity contribution is 0.519. The zero-order chi connectivity index (χ0) is 16.1. The van der Waals surface area contributed by atoms with Gasteiger partial charge in [-0.05, 0) is 49.2 Å². The molecule has 4 aromatic rings. The van der Waals surface area contributed by atoms with E-state index in [1.54, 1.807) is 17.4 Å². The van der Waals surface area contributed by atoms with Gasteiger partial charge in [0.2, 0.25) is 0 Å². The topological polar surface area (TPSA) is 55.9 Å². The molecule has 0 aromatic carbocycles. The van der Waals surface area contributed by atoms with Crippen LogP contribution in [0.2, 0.25) is 5.22 Å². The van der Waals surface area contributed by atoms with E-state index in [0.717, 1.165) is 32.3 Å². The standard InChI is InChI=1S/C16H15ClN4OS/c1-8-6-9(2)19-16-12(8)13-14(23-16)15(20-21(13)3)18-7-10-4-5-11(17)22-10/h4-6H,7H2,1-3H3,(H,18,20). The molecule has 0 unspecified atom stereocenters. The highest BCUT2D eigenvalue weighted by atomic mass is 35.5. The van der Waals surface area contributed by atoms with E-state index >= 15 is 0 Å². The zero-order valence-corrected chi connectivity index (χ0v) is 14.5. The number of nitrogens with one attached hydrogen (secondary N) is 1. The van der Waals surface area contributed by atoms with Crippen LogP contribution in [0, 0.1) is 13.8 Å². The predicted octanol–water partition coefficient (Wildman–Crippen LogP) is 4.66. The van der Waals surface area contributed by atoms with Crippen LogP contribution in [-0.4, -0.2) is 14.8 Å². The first-order chi connectivity index (χ1) is 11.0. The largest absolute Gasteiger partial charge is 0.448 e. The van der Waals surface area contributed by atoms with Crippen molar-refractivity contribution in [2.24, 2.45) is 7.05 Å². The number of thiophene rings is 1. The molecule has 0 aliphatic heterocycles. The second-order valence-corrected chi connectivity index (χ2v) is 6.94. The van der Waals surface area contributed by atoms with Gasteiger partial charge in [0.25, 0.3) is 0 Å². The molecule has 0 bridgehead atoms. The fraction of sp³-hybridized carbons (Fsp3) is 0.250. The summed E-state index contributed by atoms with van der Waals surface area (Å²) in [7, 11) is 1.96. The molecule has 0 atom stereocenters. The maximum Gasteiger partial charge on any atom is 0.193 e. The van der Waals surface area contributed by atoms with Crippen molar-refractivity contribution in [3.05, 3.63) is 40.4 Å². The summed E-state index contributed by atoms with van der Waals surface area (Å²) in [6.45, 7) is 4.68. The maximum absolute atomic E-state index is 5.81. The fourth-order valence-corrected chi connectivity index (χ4v) is 4.32. The minimum absolute atomic E-state index is 0.394. The Hall–Kier alpha value is -2.05. The van der Waals surface area contributed by atoms with Gasteiger partial charge in [0.05, 0.1) is 16.8 Å². The highest BCUT2D eigenvalue weighted by molar-refractivity contribution is 7.26. The number of halogens is 1. The van der Waals surface area contributed by atoms with Gasteiger partial charge in [0.1, 0.15) is 10.6 Å². The van der Waals surface area contributed by atoms with Crippen molar-refractivity contribution in [2.75, 3.05) is 5.32 Å². The number of aromatic nitrogens is 3. The molecule has 0 aliphatic carbocycles. The average Bonchev–Trinajstić information content (AvgIpc) is 3.13. The minimum atomic E-state index is 0.394. The van der Waals surface area contributed by atoms with E-state index in [4.69, 9.17) is 16.0 Å². The lowest BCUT2D eigenvalue weighted by Gasteiger charge is -2.00. The Morgan fingerprint density at radius 2 is 2.17 bits per heavy atom. The number of hydrogen-bond acceptors (Lipinski definition) is 5. The summed E-state index contributed by atoms with van der Waals surface area (Å²) in [5, 5.41) is 9.50. The fourth-order valence-electron chi connectivity index (χ4n) is 2.87. The SMILES string of the molecule is Cc1cc(C)c2c(n1)sc1c(NCc3ccc(Cl)o3)nn(C)c12. The van der Waals surface area contributed by atoms with Crippen LogP contribution in [-0.2, 0) is 13.6 Å². The second-order valence-electron chi connectivity index (χ2n) is 5.57. The predicted molar refractivity (Wildman–Crippen MR) is 94.4 cm³/mol. The number of fused-ring (bicyclic) bond motifs is 3. The smallest absolute Gasteiger partial charge is 0.193 e. The van der Waals surface area contributed by atoms with Crippen LogP contribution < -0.4 is 5.32 Å². The molecular formula is C16H15ClN4OS. The molecule has 0 fully saturated rings. The van der Waals surface area contributed by atoms with Crippen molar-refractivity contribution in [2.45, 2.75) is 20.4 Å². The Morgan fingerprint density at radius 3 is 2.91 bits per heavy atom. The van der Waals surface area contributed by atoms with Gasteiger partial charge in [-0.1, -0.05) is 0 Å². The number of aryl methyl sites for hydroxylation is 3. The molecule has 23 heavy (non-hydrogen) atoms. The van der Waals surface area contributed by atoms with Crippen LogP contribution in [0.3, 0.4) is 0 Å². The van der Waals surface area contributed by atoms with Crippen LogP contribution >= 0.6 is 22.9 Å². The first-order valence-corrected chi connectivity index (χ1v) is 8.44. The number of nitrogens with zero attached hydrogens (tertiary/aromatic N) is 3. The van der Waals surface area contributed by atoms with Gasteiger partial charge < -0.3 is 9.73 Å². The second kappa shape index (κ2) is 5.25. The van der Waals surface area contributed by atoms with E-state index in [-0.39, 0.29) is 0 Å². The van der Waals surface area contributed by atoms with E-state index in [1.165, 1.54) is 10.9 Å². The van der Waals surface area contributed by atoms with Crippen molar-refractivity contribution in [3.63, 3.8) is 0 Å². The zero-order valence-electron chi connectivity index (χ0n) is 13.0. The Morgan fingerprint density at radius 1 is 1.35 bits per heavy atom. The summed E-state index contributed by atoms with van der Waals surface area (Å²) in [6.07, 6.45) is 0. The van der Waals surface area contributed by atoms with Gasteiger partial charge in [0, 0.05) is 18.1 Å². The van der Waals surface area contributed by atoms with Crippen molar-refractivity contribution in [1.82, 2.24) is 14.8 Å². The number of pyridine rings is 1. The minimum Gasteiger partial charge on any atom is -0.448 e. The van der Waals surface area contributed by atoms with Gasteiger partial charge in [-0.3, -0.25) is 4.68 Å². The lowest BCUT2D eigenvalue weighted by Crippen LogP contribution is -2.00. The van der Waals surface area contributed by atoms with Crippen LogP contribution in [0.4, 0.5) is 5.82 Å². The molecule has 0 amide bonds. The normalized spacial score (nSPS) is 11.7. The van der Waals surface area contributed by atoms with Crippen LogP contribution in [0.25, 0.3) is 20.4 Å². The summed E-state index contributed by atoms with van der Waals surface area (Å²) in [5.41, 5.74) is 3.38. The van der Waals surface area contributed by atoms with Gasteiger partial charge in [-0.25, -0.2) is 4.98 Å². The molecule has 0 saturated heterocycles. The first kappa shape index (κ1) is 14.5. The highest BCUT2D eigenvalue weighted by Gasteiger charge is 2.18. The van der Waals surface area contributed by atoms with Gasteiger partial charge >= 0.3 is 0 Å². The monoisotopic (exact) mass is 346 g/mol. The maximum atomic E-state index is 5.81. The molecule has 4 heterocycles. The molecule has 118 valence electrons. The third-order valence-corrected chi connectivity index (χ3v) is 5.09. The van der Waals surface area contributed by atoms with Gasteiger partial charge in [-0.2, -0.15) is 5.10 Å². The number of hydrogen-bond donors (Lipinski definition) is 1. The van der Waals surface area contributed by atoms with Crippen molar-refractivity contribution < 1.29 is 4.42 Å². The van der Waals surface area contributed by atoms with Crippen LogP contribution in [0.15, 0.2) is 22.6 Å². The molecule has 5 nitrogen and oxygen atoms in total. The van der Waals surface area contributed by atoms with E-state index in [9.17, 15) is 0 Å². The van der Waals surface area contributed by atoms with Gasteiger partial charge in [-0.15, -0.1) is 11.3 Å². The third kappa shape index (κ3) is 2.38. The summed E-state index contributed by atoms with van der Waals surface area (Å²) < 4.78 is 8.40. The molecule has 0 radical (unpaired) electrons. The first-order valence-electron chi connectivity index (χ1n) is 7.24. The highest BCUT2D eigenvalue weighted by Crippen LogP contribution is 2.38. The molecule has 0 saturated carbocycles. The summed E-state index contributed by atoms with van der Waals surface area (Å²) >= 11 is 7.47. The third-order valence-electron chi connectivity index (χ3n) is 3.81. The lowest BCUT2D eigenvalue weighted by atomic mass is 10.1. The summed E-state index contributed by atoms with van der Waals surface area (Å²) in [4.78, 5) is 5.71. The Balaban J connectivity index is 1.80. The van der Waals surface area contributed by atoms with Crippen molar-refractivity contribution in [1.29, 1.82) is 0 Å². The van der Waals surface area contributed by atoms with E-state index in [1.807, 2.05) is 24.7 Å². The molecule has 0 aliphatic rings. The number of anilines is 1. The Bertz CT molecular complexity index is 1030. The quantitative estimate of drug-likeness (QED) is 0.586. The summed E-state index contributed by atoms with van der Waals surface area (Å²) in [5.74, 6) is 1.62. The molecular weight excluding hydrogens is 332 g/mol. The number of rotatable bonds is 3. The van der Waals surface area contributed by atoms with Crippen molar-refractivity contribution >= 4 is 49.2 Å². The molecule has 0 spiro atoms. The molecule has 1 N–H and O–H groups in total. The van der Waals surface area contributed by atoms with Crippen LogP contribution in [0.1, 0.15) is 17.0 Å². The molecule has 4 aromatic heterocycles. The van der Waals surface area contributed by atoms with E-state index in [0.29, 0.717) is 11.8 Å². The van der Waals surface area contributed by atoms with E-state index in [2.05, 4.69) is 28.4 Å².